The predicted octanol–water partition coefficient (Wildman–Crippen LogP) is 5.77. The summed E-state index contributed by atoms with van der Waals surface area (Å²) < 4.78 is 0.824. The highest BCUT2D eigenvalue weighted by molar-refractivity contribution is 8.03. The first-order chi connectivity index (χ1) is 11.8. The molecule has 2 N–H and O–H groups in total. The molecule has 0 fully saturated rings. The van der Waals surface area contributed by atoms with Gasteiger partial charge in [-0.3, -0.25) is 10.2 Å². The highest BCUT2D eigenvalue weighted by atomic mass is 32.2. The van der Waals surface area contributed by atoms with Crippen LogP contribution in [0.1, 0.15) is 18.1 Å². The molecular weight excluding hydrogens is 330 g/mol. The number of aliphatic imine (C=N–C) groups is 1. The molecule has 0 saturated carbocycles. The summed E-state index contributed by atoms with van der Waals surface area (Å²) in [5.74, 6) is 0. The van der Waals surface area contributed by atoms with Crippen molar-refractivity contribution in [2.75, 3.05) is 5.32 Å². The second kappa shape index (κ2) is 7.85. The zero-order valence-corrected chi connectivity index (χ0v) is 15.4. The lowest BCUT2D eigenvalue weighted by atomic mass is 10.1. The number of aryl methyl sites for hydroxylation is 1. The van der Waals surface area contributed by atoms with E-state index in [4.69, 9.17) is 0 Å². The fourth-order valence-corrected chi connectivity index (χ4v) is 3.18. The number of para-hydroxylation sites is 1. The second-order valence-corrected chi connectivity index (χ2v) is 6.75. The van der Waals surface area contributed by atoms with Crippen molar-refractivity contribution in [1.29, 1.82) is 0 Å². The van der Waals surface area contributed by atoms with Crippen LogP contribution in [-0.4, -0.2) is 23.4 Å². The van der Waals surface area contributed by atoms with Crippen molar-refractivity contribution in [2.24, 2.45) is 4.99 Å². The predicted molar refractivity (Wildman–Crippen MR) is 109 cm³/mol. The van der Waals surface area contributed by atoms with Gasteiger partial charge in [0.1, 0.15) is 4.90 Å². The molecule has 128 valence electrons. The van der Waals surface area contributed by atoms with Gasteiger partial charge in [-0.2, -0.15) is 0 Å². The van der Waals surface area contributed by atoms with Crippen LogP contribution >= 0.6 is 11.8 Å². The molecule has 0 amide bonds. The van der Waals surface area contributed by atoms with Gasteiger partial charge in [0, 0.05) is 16.5 Å². The molecule has 2 rings (SSSR count). The molecule has 0 unspecified atom stereocenters. The van der Waals surface area contributed by atoms with Gasteiger partial charge in [0.25, 0.3) is 5.69 Å². The molecular formula is C20H22N3OS+. The van der Waals surface area contributed by atoms with Crippen molar-refractivity contribution in [1.82, 2.24) is 0 Å². The van der Waals surface area contributed by atoms with Crippen molar-refractivity contribution in [2.45, 2.75) is 18.7 Å². The van der Waals surface area contributed by atoms with Crippen LogP contribution in [0.5, 0.6) is 0 Å². The van der Waals surface area contributed by atoms with E-state index in [0.717, 1.165) is 27.1 Å². The number of hydrogen-bond donors (Lipinski definition) is 2. The van der Waals surface area contributed by atoms with E-state index < -0.39 is 0 Å². The molecule has 0 atom stereocenters. The Morgan fingerprint density at radius 1 is 1.24 bits per heavy atom. The quantitative estimate of drug-likeness (QED) is 0.219. The van der Waals surface area contributed by atoms with Gasteiger partial charge in [-0.15, -0.1) is 0 Å². The number of benzene rings is 2. The third kappa shape index (κ3) is 4.39. The van der Waals surface area contributed by atoms with E-state index in [9.17, 15) is 5.21 Å². The lowest BCUT2D eigenvalue weighted by molar-refractivity contribution is -0.708. The minimum Gasteiger partial charge on any atom is -0.350 e. The zero-order valence-electron chi connectivity index (χ0n) is 14.5. The fourth-order valence-electron chi connectivity index (χ4n) is 2.27. The molecule has 0 aliphatic rings. The molecule has 0 spiro atoms. The van der Waals surface area contributed by atoms with Crippen molar-refractivity contribution >= 4 is 47.8 Å². The summed E-state index contributed by atoms with van der Waals surface area (Å²) in [5.41, 5.74) is 4.97. The number of allylic oxidation sites excluding steroid dienone is 1. The van der Waals surface area contributed by atoms with Crippen molar-refractivity contribution in [3.05, 3.63) is 65.7 Å². The van der Waals surface area contributed by atoms with Crippen LogP contribution < -0.4 is 5.32 Å². The molecule has 5 heteroatoms. The maximum Gasteiger partial charge on any atom is 0.273 e. The van der Waals surface area contributed by atoms with Crippen LogP contribution in [0, 0.1) is 6.92 Å². The second-order valence-electron chi connectivity index (χ2n) is 5.65. The first-order valence-electron chi connectivity index (χ1n) is 7.63. The number of thioether (sulfide) groups is 1. The Hall–Kier alpha value is -2.79. The van der Waals surface area contributed by atoms with E-state index in [1.807, 2.05) is 50.2 Å². The molecule has 0 heterocycles. The number of anilines is 1. The lowest BCUT2D eigenvalue weighted by Gasteiger charge is -2.14. The Bertz CT molecular complexity index is 871. The molecule has 2 aromatic carbocycles. The third-order valence-electron chi connectivity index (χ3n) is 3.64. The molecule has 0 aromatic heterocycles. The first kappa shape index (κ1) is 18.5. The minimum atomic E-state index is 0.514. The highest BCUT2D eigenvalue weighted by Gasteiger charge is 2.21. The van der Waals surface area contributed by atoms with Crippen LogP contribution in [0.15, 0.2) is 64.5 Å². The summed E-state index contributed by atoms with van der Waals surface area (Å²) in [7, 11) is 0. The normalized spacial score (nSPS) is 10.2. The SMILES string of the molecule is C=Nc1cc(C(=C)C)cc([N+](=C)O)c1SC(=C)Nc1ccccc1C. The number of nitrogens with one attached hydrogen (secondary N) is 1. The van der Waals surface area contributed by atoms with Crippen LogP contribution in [0.4, 0.5) is 17.1 Å². The Morgan fingerprint density at radius 3 is 2.48 bits per heavy atom. The summed E-state index contributed by atoms with van der Waals surface area (Å²) in [6.45, 7) is 19.1. The molecule has 4 nitrogen and oxygen atoms in total. The summed E-state index contributed by atoms with van der Waals surface area (Å²) in [4.78, 5) is 4.80. The number of rotatable bonds is 7. The highest BCUT2D eigenvalue weighted by Crippen LogP contribution is 2.42. The molecule has 0 bridgehead atoms. The van der Waals surface area contributed by atoms with E-state index in [-0.39, 0.29) is 0 Å². The molecule has 25 heavy (non-hydrogen) atoms. The summed E-state index contributed by atoms with van der Waals surface area (Å²) in [5, 5.41) is 13.9. The Labute approximate surface area is 152 Å². The molecule has 0 saturated heterocycles. The van der Waals surface area contributed by atoms with E-state index in [0.29, 0.717) is 21.3 Å². The van der Waals surface area contributed by atoms with Gasteiger partial charge >= 0.3 is 0 Å². The maximum atomic E-state index is 9.94. The van der Waals surface area contributed by atoms with Gasteiger partial charge in [0.2, 0.25) is 0 Å². The molecule has 0 aliphatic carbocycles. The molecule has 2 aromatic rings. The monoisotopic (exact) mass is 352 g/mol. The average molecular weight is 352 g/mol. The summed E-state index contributed by atoms with van der Waals surface area (Å²) in [6, 6.07) is 11.6. The third-order valence-corrected chi connectivity index (χ3v) is 4.61. The van der Waals surface area contributed by atoms with Crippen LogP contribution in [-0.2, 0) is 0 Å². The van der Waals surface area contributed by atoms with Gasteiger partial charge in [-0.05, 0) is 43.8 Å². The zero-order chi connectivity index (χ0) is 18.6. The Balaban J connectivity index is 2.39. The fraction of sp³-hybridized carbons (Fsp3) is 0.100. The molecule has 0 aliphatic heterocycles. The standard InChI is InChI=1S/C20H22N3OS/c1-13(2)16-11-18(21-5)20(19(12-16)23(6)24)25-15(4)22-17-10-8-7-9-14(17)3/h7-12,22,24H,1,4-6H2,2-3H3/q+1. The van der Waals surface area contributed by atoms with Crippen LogP contribution in [0.3, 0.4) is 0 Å². The average Bonchev–Trinajstić information content (AvgIpc) is 2.56. The van der Waals surface area contributed by atoms with Gasteiger partial charge in [0.05, 0.1) is 10.7 Å². The largest absolute Gasteiger partial charge is 0.350 e. The van der Waals surface area contributed by atoms with Gasteiger partial charge < -0.3 is 5.32 Å². The minimum absolute atomic E-state index is 0.514. The number of hydrogen-bond acceptors (Lipinski definition) is 4. The van der Waals surface area contributed by atoms with Crippen molar-refractivity contribution in [3.8, 4) is 0 Å². The number of nitrogens with zero attached hydrogens (tertiary/aromatic N) is 2. The van der Waals surface area contributed by atoms with Gasteiger partial charge in [0.15, 0.2) is 6.72 Å². The van der Waals surface area contributed by atoms with Crippen LogP contribution in [0.25, 0.3) is 5.57 Å². The lowest BCUT2D eigenvalue weighted by Crippen LogP contribution is -2.00. The van der Waals surface area contributed by atoms with E-state index in [1.165, 1.54) is 11.8 Å². The van der Waals surface area contributed by atoms with E-state index in [1.54, 1.807) is 0 Å². The van der Waals surface area contributed by atoms with E-state index in [2.05, 4.69) is 36.9 Å². The maximum absolute atomic E-state index is 9.94. The first-order valence-corrected chi connectivity index (χ1v) is 8.44. The smallest absolute Gasteiger partial charge is 0.273 e. The van der Waals surface area contributed by atoms with Crippen LogP contribution in [0.2, 0.25) is 0 Å². The van der Waals surface area contributed by atoms with Gasteiger partial charge in [-0.25, -0.2) is 0 Å². The van der Waals surface area contributed by atoms with Crippen molar-refractivity contribution in [3.63, 3.8) is 0 Å². The summed E-state index contributed by atoms with van der Waals surface area (Å²) >= 11 is 1.36. The van der Waals surface area contributed by atoms with E-state index >= 15 is 0 Å². The Morgan fingerprint density at radius 2 is 1.92 bits per heavy atom. The van der Waals surface area contributed by atoms with Gasteiger partial charge in [-0.1, -0.05) is 48.7 Å². The topological polar surface area (TPSA) is 47.6 Å². The summed E-state index contributed by atoms with van der Waals surface area (Å²) in [6.07, 6.45) is 0. The molecule has 0 radical (unpaired) electrons. The Kier molecular flexibility index (Phi) is 5.83. The van der Waals surface area contributed by atoms with Crippen molar-refractivity contribution < 1.29 is 9.95 Å².